The van der Waals surface area contributed by atoms with Crippen LogP contribution in [0.15, 0.2) is 28.7 Å². The molecule has 1 amide bonds. The first-order valence-corrected chi connectivity index (χ1v) is 8.44. The van der Waals surface area contributed by atoms with Crippen molar-refractivity contribution < 1.29 is 23.1 Å². The number of carbonyl (C=O) groups is 2. The van der Waals surface area contributed by atoms with Crippen molar-refractivity contribution in [3.8, 4) is 0 Å². The van der Waals surface area contributed by atoms with Crippen molar-refractivity contribution in [1.29, 1.82) is 0 Å². The molecule has 0 bridgehead atoms. The van der Waals surface area contributed by atoms with E-state index in [1.165, 1.54) is 31.0 Å². The first-order chi connectivity index (χ1) is 11.4. The van der Waals surface area contributed by atoms with E-state index in [1.807, 2.05) is 0 Å². The number of carbonyl (C=O) groups excluding carboxylic acids is 2. The molecular formula is C16H15ClFNO4S. The molecule has 0 saturated heterocycles. The normalized spacial score (nSPS) is 10.5. The molecule has 0 aliphatic rings. The minimum absolute atomic E-state index is 0.0758. The molecule has 0 atom stereocenters. The van der Waals surface area contributed by atoms with Crippen molar-refractivity contribution in [3.05, 3.63) is 52.2 Å². The molecule has 0 fully saturated rings. The Hall–Kier alpha value is -1.99. The van der Waals surface area contributed by atoms with Crippen molar-refractivity contribution in [2.75, 3.05) is 18.2 Å². The van der Waals surface area contributed by atoms with Gasteiger partial charge in [0.25, 0.3) is 0 Å². The maximum atomic E-state index is 13.6. The van der Waals surface area contributed by atoms with Crippen molar-refractivity contribution in [2.45, 2.75) is 12.7 Å². The SMILES string of the molecule is COC(=O)c1cc(CSCC(=O)Nc2ccc(Cl)cc2F)oc1C. The molecule has 8 heteroatoms. The number of nitrogens with one attached hydrogen (secondary N) is 1. The number of hydrogen-bond donors (Lipinski definition) is 1. The number of furan rings is 1. The Morgan fingerprint density at radius 2 is 2.12 bits per heavy atom. The first kappa shape index (κ1) is 18.4. The van der Waals surface area contributed by atoms with Gasteiger partial charge in [0.15, 0.2) is 0 Å². The van der Waals surface area contributed by atoms with E-state index in [0.29, 0.717) is 22.8 Å². The number of thioether (sulfide) groups is 1. The standard InChI is InChI=1S/C16H15ClFNO4S/c1-9-12(16(21)22-2)6-11(23-9)7-24-8-15(20)19-14-4-3-10(17)5-13(14)18/h3-6H,7-8H2,1-2H3,(H,19,20). The fraction of sp³-hybridized carbons (Fsp3) is 0.250. The fourth-order valence-electron chi connectivity index (χ4n) is 1.95. The second-order valence-electron chi connectivity index (χ2n) is 4.84. The van der Waals surface area contributed by atoms with Crippen LogP contribution in [0.4, 0.5) is 10.1 Å². The van der Waals surface area contributed by atoms with Gasteiger partial charge in [-0.25, -0.2) is 9.18 Å². The van der Waals surface area contributed by atoms with Gasteiger partial charge in [-0.05, 0) is 31.2 Å². The van der Waals surface area contributed by atoms with Crippen molar-refractivity contribution in [2.24, 2.45) is 0 Å². The summed E-state index contributed by atoms with van der Waals surface area (Å²) in [6.45, 7) is 1.66. The van der Waals surface area contributed by atoms with Crippen LogP contribution in [0, 0.1) is 12.7 Å². The largest absolute Gasteiger partial charge is 0.465 e. The van der Waals surface area contributed by atoms with E-state index >= 15 is 0 Å². The third kappa shape index (κ3) is 4.75. The number of aryl methyl sites for hydroxylation is 1. The van der Waals surface area contributed by atoms with E-state index in [0.717, 1.165) is 6.07 Å². The van der Waals surface area contributed by atoms with Crippen LogP contribution in [-0.4, -0.2) is 24.7 Å². The lowest BCUT2D eigenvalue weighted by Crippen LogP contribution is -2.15. The van der Waals surface area contributed by atoms with E-state index in [-0.39, 0.29) is 22.4 Å². The predicted octanol–water partition coefficient (Wildman–Crippen LogP) is 4.04. The Morgan fingerprint density at radius 3 is 2.79 bits per heavy atom. The lowest BCUT2D eigenvalue weighted by atomic mass is 10.2. The van der Waals surface area contributed by atoms with Crippen LogP contribution in [0.5, 0.6) is 0 Å². The number of benzene rings is 1. The Balaban J connectivity index is 1.85. The van der Waals surface area contributed by atoms with Gasteiger partial charge in [0.1, 0.15) is 22.9 Å². The van der Waals surface area contributed by atoms with Gasteiger partial charge in [-0.2, -0.15) is 0 Å². The summed E-state index contributed by atoms with van der Waals surface area (Å²) >= 11 is 6.93. The summed E-state index contributed by atoms with van der Waals surface area (Å²) in [7, 11) is 1.30. The highest BCUT2D eigenvalue weighted by Crippen LogP contribution is 2.22. The highest BCUT2D eigenvalue weighted by molar-refractivity contribution is 7.99. The number of methoxy groups -OCH3 is 1. The molecule has 0 spiro atoms. The summed E-state index contributed by atoms with van der Waals surface area (Å²) < 4.78 is 23.7. The molecule has 1 heterocycles. The average molecular weight is 372 g/mol. The number of ether oxygens (including phenoxy) is 1. The zero-order valence-electron chi connectivity index (χ0n) is 13.0. The summed E-state index contributed by atoms with van der Waals surface area (Å²) in [5, 5.41) is 2.73. The minimum atomic E-state index is -0.592. The number of rotatable bonds is 6. The number of anilines is 1. The zero-order valence-corrected chi connectivity index (χ0v) is 14.6. The predicted molar refractivity (Wildman–Crippen MR) is 91.0 cm³/mol. The quantitative estimate of drug-likeness (QED) is 0.776. The zero-order chi connectivity index (χ0) is 17.7. The first-order valence-electron chi connectivity index (χ1n) is 6.91. The Kier molecular flexibility index (Phi) is 6.28. The van der Waals surface area contributed by atoms with E-state index in [1.54, 1.807) is 13.0 Å². The summed E-state index contributed by atoms with van der Waals surface area (Å²) in [5.41, 5.74) is 0.438. The maximum absolute atomic E-state index is 13.6. The Labute approximate surface area is 147 Å². The van der Waals surface area contributed by atoms with E-state index < -0.39 is 11.8 Å². The van der Waals surface area contributed by atoms with Crippen LogP contribution in [-0.2, 0) is 15.3 Å². The van der Waals surface area contributed by atoms with Gasteiger partial charge in [-0.1, -0.05) is 11.6 Å². The third-order valence-corrected chi connectivity index (χ3v) is 4.25. The van der Waals surface area contributed by atoms with E-state index in [4.69, 9.17) is 16.0 Å². The van der Waals surface area contributed by atoms with Crippen molar-refractivity contribution in [1.82, 2.24) is 0 Å². The van der Waals surface area contributed by atoms with E-state index in [9.17, 15) is 14.0 Å². The molecule has 5 nitrogen and oxygen atoms in total. The van der Waals surface area contributed by atoms with Crippen LogP contribution in [0.1, 0.15) is 21.9 Å². The van der Waals surface area contributed by atoms with Crippen LogP contribution in [0.25, 0.3) is 0 Å². The molecule has 0 aliphatic heterocycles. The van der Waals surface area contributed by atoms with Gasteiger partial charge in [0.2, 0.25) is 5.91 Å². The molecule has 2 aromatic rings. The third-order valence-electron chi connectivity index (χ3n) is 3.06. The van der Waals surface area contributed by atoms with Crippen LogP contribution < -0.4 is 5.32 Å². The highest BCUT2D eigenvalue weighted by Gasteiger charge is 2.15. The second kappa shape index (κ2) is 8.21. The molecule has 24 heavy (non-hydrogen) atoms. The number of amides is 1. The molecule has 0 unspecified atom stereocenters. The van der Waals surface area contributed by atoms with Crippen LogP contribution >= 0.6 is 23.4 Å². The molecule has 0 aliphatic carbocycles. The fourth-order valence-corrected chi connectivity index (χ4v) is 2.81. The molecule has 128 valence electrons. The lowest BCUT2D eigenvalue weighted by molar-refractivity contribution is -0.113. The number of hydrogen-bond acceptors (Lipinski definition) is 5. The Bertz CT molecular complexity index is 763. The van der Waals surface area contributed by atoms with Crippen molar-refractivity contribution in [3.63, 3.8) is 0 Å². The highest BCUT2D eigenvalue weighted by atomic mass is 35.5. The molecular weight excluding hydrogens is 357 g/mol. The monoisotopic (exact) mass is 371 g/mol. The maximum Gasteiger partial charge on any atom is 0.341 e. The summed E-state index contributed by atoms with van der Waals surface area (Å²) in [6.07, 6.45) is 0. The Morgan fingerprint density at radius 1 is 1.38 bits per heavy atom. The summed E-state index contributed by atoms with van der Waals surface area (Å²) in [4.78, 5) is 23.3. The smallest absolute Gasteiger partial charge is 0.341 e. The lowest BCUT2D eigenvalue weighted by Gasteiger charge is -2.06. The summed E-state index contributed by atoms with van der Waals surface area (Å²) in [5.74, 6) is 0.115. The second-order valence-corrected chi connectivity index (χ2v) is 6.26. The van der Waals surface area contributed by atoms with Gasteiger partial charge in [0.05, 0.1) is 24.3 Å². The van der Waals surface area contributed by atoms with Gasteiger partial charge in [0, 0.05) is 5.02 Å². The van der Waals surface area contributed by atoms with Crippen LogP contribution in [0.2, 0.25) is 5.02 Å². The van der Waals surface area contributed by atoms with Crippen molar-refractivity contribution >= 4 is 40.9 Å². The summed E-state index contributed by atoms with van der Waals surface area (Å²) in [6, 6.07) is 5.61. The minimum Gasteiger partial charge on any atom is -0.465 e. The van der Waals surface area contributed by atoms with E-state index in [2.05, 4.69) is 10.1 Å². The van der Waals surface area contributed by atoms with Gasteiger partial charge >= 0.3 is 5.97 Å². The van der Waals surface area contributed by atoms with Gasteiger partial charge < -0.3 is 14.5 Å². The molecule has 2 rings (SSSR count). The average Bonchev–Trinajstić information content (AvgIpc) is 2.90. The molecule has 1 aromatic carbocycles. The number of halogens is 2. The molecule has 0 saturated carbocycles. The molecule has 0 radical (unpaired) electrons. The number of esters is 1. The van der Waals surface area contributed by atoms with Crippen LogP contribution in [0.3, 0.4) is 0 Å². The van der Waals surface area contributed by atoms with Gasteiger partial charge in [-0.3, -0.25) is 4.79 Å². The topological polar surface area (TPSA) is 68.5 Å². The molecule has 1 N–H and O–H groups in total. The molecule has 1 aromatic heterocycles. The van der Waals surface area contributed by atoms with Gasteiger partial charge in [-0.15, -0.1) is 11.8 Å².